The Kier molecular flexibility index (Phi) is 19.2. The molecular weight excluding hydrogens is 288 g/mol. The molecule has 1 fully saturated rings. The third-order valence-electron chi connectivity index (χ3n) is 4.26. The third-order valence-corrected chi connectivity index (χ3v) is 4.26. The second kappa shape index (κ2) is 18.3. The van der Waals surface area contributed by atoms with Gasteiger partial charge in [-0.05, 0) is 71.1 Å². The zero-order valence-corrected chi connectivity index (χ0v) is 16.1. The minimum atomic E-state index is 0. The molecule has 0 saturated heterocycles. The fourth-order valence-corrected chi connectivity index (χ4v) is 2.79. The molecule has 140 valence electrons. The lowest BCUT2D eigenvalue weighted by Gasteiger charge is -2.00. The maximum Gasteiger partial charge on any atom is -0.0193 e. The van der Waals surface area contributed by atoms with E-state index < -0.39 is 0 Å². The third kappa shape index (κ3) is 17.3. The molecule has 0 aromatic heterocycles. The van der Waals surface area contributed by atoms with Crippen molar-refractivity contribution in [1.82, 2.24) is 0 Å². The summed E-state index contributed by atoms with van der Waals surface area (Å²) in [6.45, 7) is 14.3. The summed E-state index contributed by atoms with van der Waals surface area (Å²) in [5.41, 5.74) is 2.74. The van der Waals surface area contributed by atoms with Gasteiger partial charge in [0.15, 0.2) is 0 Å². The molecule has 1 aliphatic rings. The van der Waals surface area contributed by atoms with Crippen LogP contribution in [0.15, 0.2) is 48.6 Å². The minimum absolute atomic E-state index is 0. The maximum atomic E-state index is 4.04. The second-order valence-electron chi connectivity index (χ2n) is 6.95. The van der Waals surface area contributed by atoms with Gasteiger partial charge in [-0.1, -0.05) is 75.6 Å². The molecule has 0 N–H and O–H groups in total. The number of hydrogen-bond donors (Lipinski definition) is 0. The van der Waals surface area contributed by atoms with Gasteiger partial charge in [0.1, 0.15) is 0 Å². The Morgan fingerprint density at radius 2 is 1.83 bits per heavy atom. The Morgan fingerprint density at radius 1 is 1.12 bits per heavy atom. The summed E-state index contributed by atoms with van der Waals surface area (Å²) >= 11 is 0. The first-order valence-corrected chi connectivity index (χ1v) is 9.69. The van der Waals surface area contributed by atoms with Crippen LogP contribution in [0, 0.1) is 5.92 Å². The fraction of sp³-hybridized carbons (Fsp3) is 0.667. The first kappa shape index (κ1) is 25.2. The van der Waals surface area contributed by atoms with E-state index in [1.54, 1.807) is 0 Å². The summed E-state index contributed by atoms with van der Waals surface area (Å²) in [6.07, 6.45) is 23.3. The average molecular weight is 333 g/mol. The lowest BCUT2D eigenvalue weighted by Crippen LogP contribution is -1.85. The van der Waals surface area contributed by atoms with Crippen LogP contribution >= 0.6 is 0 Å². The monoisotopic (exact) mass is 332 g/mol. The van der Waals surface area contributed by atoms with E-state index in [1.165, 1.54) is 81.8 Å². The van der Waals surface area contributed by atoms with Crippen LogP contribution in [0.5, 0.6) is 0 Å². The SMILES string of the molecule is C.C=C(C)CCC/C=C\C.C=C1CCC(/C=C/CCCCCC)C1. The summed E-state index contributed by atoms with van der Waals surface area (Å²) in [6, 6.07) is 0. The first-order valence-electron chi connectivity index (χ1n) is 9.69. The summed E-state index contributed by atoms with van der Waals surface area (Å²) in [7, 11) is 0. The van der Waals surface area contributed by atoms with Crippen molar-refractivity contribution in [3.05, 3.63) is 48.6 Å². The zero-order valence-electron chi connectivity index (χ0n) is 16.1. The lowest BCUT2D eigenvalue weighted by molar-refractivity contribution is 0.662. The highest BCUT2D eigenvalue weighted by molar-refractivity contribution is 5.07. The van der Waals surface area contributed by atoms with Crippen LogP contribution < -0.4 is 0 Å². The zero-order chi connectivity index (χ0) is 17.3. The van der Waals surface area contributed by atoms with E-state index in [9.17, 15) is 0 Å². The number of rotatable bonds is 10. The predicted molar refractivity (Wildman–Crippen MR) is 115 cm³/mol. The van der Waals surface area contributed by atoms with Crippen LogP contribution in [-0.4, -0.2) is 0 Å². The Labute approximate surface area is 153 Å². The van der Waals surface area contributed by atoms with E-state index in [2.05, 4.69) is 58.2 Å². The standard InChI is InChI=1S/C14H24.C9H16.CH4/c1-3-4-5-6-7-8-9-14-11-10-13(2)12-14;1-4-5-6-7-8-9(2)3;/h8-9,14H,2-7,10-12H2,1H3;4-5H,2,6-8H2,1,3H3;1H4/b9-8+;5-4-;. The molecule has 0 spiro atoms. The predicted octanol–water partition coefficient (Wildman–Crippen LogP) is 8.81. The Hall–Kier alpha value is -1.04. The summed E-state index contributed by atoms with van der Waals surface area (Å²) < 4.78 is 0. The maximum absolute atomic E-state index is 4.04. The molecule has 0 heterocycles. The van der Waals surface area contributed by atoms with Crippen molar-refractivity contribution in [2.75, 3.05) is 0 Å². The van der Waals surface area contributed by atoms with Crippen molar-refractivity contribution in [2.24, 2.45) is 5.92 Å². The molecule has 1 unspecified atom stereocenters. The molecule has 1 rings (SSSR count). The molecule has 1 aliphatic carbocycles. The van der Waals surface area contributed by atoms with E-state index in [-0.39, 0.29) is 7.43 Å². The van der Waals surface area contributed by atoms with Gasteiger partial charge in [-0.3, -0.25) is 0 Å². The first-order chi connectivity index (χ1) is 11.1. The Morgan fingerprint density at radius 3 is 2.38 bits per heavy atom. The van der Waals surface area contributed by atoms with Gasteiger partial charge < -0.3 is 0 Å². The van der Waals surface area contributed by atoms with Gasteiger partial charge in [0.25, 0.3) is 0 Å². The van der Waals surface area contributed by atoms with Crippen molar-refractivity contribution in [3.8, 4) is 0 Å². The molecule has 0 nitrogen and oxygen atoms in total. The molecule has 0 heteroatoms. The molecule has 24 heavy (non-hydrogen) atoms. The van der Waals surface area contributed by atoms with Crippen molar-refractivity contribution in [2.45, 2.75) is 98.8 Å². The van der Waals surface area contributed by atoms with Gasteiger partial charge in [0, 0.05) is 0 Å². The van der Waals surface area contributed by atoms with Gasteiger partial charge >= 0.3 is 0 Å². The van der Waals surface area contributed by atoms with E-state index in [4.69, 9.17) is 0 Å². The van der Waals surface area contributed by atoms with Crippen LogP contribution in [0.3, 0.4) is 0 Å². The van der Waals surface area contributed by atoms with Crippen molar-refractivity contribution in [3.63, 3.8) is 0 Å². The largest absolute Gasteiger partial charge is 0.100 e. The molecule has 1 atom stereocenters. The van der Waals surface area contributed by atoms with Crippen LogP contribution in [0.2, 0.25) is 0 Å². The lowest BCUT2D eigenvalue weighted by atomic mass is 10.1. The number of hydrogen-bond acceptors (Lipinski definition) is 0. The molecule has 0 aromatic carbocycles. The second-order valence-corrected chi connectivity index (χ2v) is 6.95. The molecule has 0 radical (unpaired) electrons. The summed E-state index contributed by atoms with van der Waals surface area (Å²) in [4.78, 5) is 0. The van der Waals surface area contributed by atoms with Crippen molar-refractivity contribution >= 4 is 0 Å². The molecule has 1 saturated carbocycles. The van der Waals surface area contributed by atoms with Gasteiger partial charge in [0.05, 0.1) is 0 Å². The van der Waals surface area contributed by atoms with Crippen molar-refractivity contribution in [1.29, 1.82) is 0 Å². The number of unbranched alkanes of at least 4 members (excludes halogenated alkanes) is 5. The van der Waals surface area contributed by atoms with Gasteiger partial charge in [-0.2, -0.15) is 0 Å². The fourth-order valence-electron chi connectivity index (χ4n) is 2.79. The normalized spacial score (nSPS) is 17.0. The Balaban J connectivity index is 0. The van der Waals surface area contributed by atoms with Gasteiger partial charge in [-0.25, -0.2) is 0 Å². The average Bonchev–Trinajstić information content (AvgIpc) is 2.93. The minimum Gasteiger partial charge on any atom is -0.100 e. The highest BCUT2D eigenvalue weighted by atomic mass is 14.2. The molecular formula is C24H44. The molecule has 0 aliphatic heterocycles. The van der Waals surface area contributed by atoms with Crippen LogP contribution in [0.4, 0.5) is 0 Å². The highest BCUT2D eigenvalue weighted by Crippen LogP contribution is 2.29. The highest BCUT2D eigenvalue weighted by Gasteiger charge is 2.14. The smallest absolute Gasteiger partial charge is 0.0193 e. The van der Waals surface area contributed by atoms with Crippen LogP contribution in [-0.2, 0) is 0 Å². The quantitative estimate of drug-likeness (QED) is 0.277. The molecule has 0 aromatic rings. The van der Waals surface area contributed by atoms with Gasteiger partial charge in [-0.15, -0.1) is 6.58 Å². The molecule has 0 bridgehead atoms. The Bertz CT molecular complexity index is 356. The molecule has 0 amide bonds. The van der Waals surface area contributed by atoms with Crippen molar-refractivity contribution < 1.29 is 0 Å². The van der Waals surface area contributed by atoms with E-state index in [0.717, 1.165) is 5.92 Å². The van der Waals surface area contributed by atoms with E-state index >= 15 is 0 Å². The van der Waals surface area contributed by atoms with Crippen LogP contribution in [0.25, 0.3) is 0 Å². The van der Waals surface area contributed by atoms with E-state index in [0.29, 0.717) is 0 Å². The summed E-state index contributed by atoms with van der Waals surface area (Å²) in [5, 5.41) is 0. The summed E-state index contributed by atoms with van der Waals surface area (Å²) in [5.74, 6) is 0.814. The van der Waals surface area contributed by atoms with Gasteiger partial charge in [0.2, 0.25) is 0 Å². The van der Waals surface area contributed by atoms with E-state index in [1.807, 2.05) is 0 Å². The topological polar surface area (TPSA) is 0 Å². The number of allylic oxidation sites excluding steroid dienone is 6. The van der Waals surface area contributed by atoms with Crippen LogP contribution in [0.1, 0.15) is 98.8 Å².